The fourth-order valence-corrected chi connectivity index (χ4v) is 3.53. The summed E-state index contributed by atoms with van der Waals surface area (Å²) in [7, 11) is -3.74. The van der Waals surface area contributed by atoms with Gasteiger partial charge in [-0.3, -0.25) is 0 Å². The summed E-state index contributed by atoms with van der Waals surface area (Å²) in [6, 6.07) is 3.55. The van der Waals surface area contributed by atoms with Crippen LogP contribution in [0, 0.1) is 11.8 Å². The number of primary sulfonamides is 1. The van der Waals surface area contributed by atoms with Crippen molar-refractivity contribution in [2.75, 3.05) is 0 Å². The third-order valence-electron chi connectivity index (χ3n) is 4.13. The van der Waals surface area contributed by atoms with Gasteiger partial charge in [0.15, 0.2) is 0 Å². The molecule has 1 fully saturated rings. The molecule has 1 aromatic rings. The SMILES string of the molecule is CC(C)C1CCCCC1NCc1ccc(S(N)(=O)=O)o1. The van der Waals surface area contributed by atoms with Gasteiger partial charge in [-0.15, -0.1) is 0 Å². The van der Waals surface area contributed by atoms with Crippen molar-refractivity contribution < 1.29 is 12.8 Å². The molecule has 0 aromatic carbocycles. The first-order chi connectivity index (χ1) is 9.38. The molecule has 3 N–H and O–H groups in total. The average Bonchev–Trinajstić information content (AvgIpc) is 2.85. The van der Waals surface area contributed by atoms with E-state index >= 15 is 0 Å². The van der Waals surface area contributed by atoms with Crippen LogP contribution in [0.25, 0.3) is 0 Å². The molecule has 2 rings (SSSR count). The lowest BCUT2D eigenvalue weighted by atomic mass is 9.78. The molecule has 0 bridgehead atoms. The van der Waals surface area contributed by atoms with E-state index in [0.29, 0.717) is 30.2 Å². The van der Waals surface area contributed by atoms with Gasteiger partial charge in [0.25, 0.3) is 10.0 Å². The van der Waals surface area contributed by atoms with Gasteiger partial charge in [-0.25, -0.2) is 13.6 Å². The zero-order valence-corrected chi connectivity index (χ0v) is 12.9. The molecule has 0 aliphatic heterocycles. The van der Waals surface area contributed by atoms with E-state index < -0.39 is 10.0 Å². The summed E-state index contributed by atoms with van der Waals surface area (Å²) >= 11 is 0. The van der Waals surface area contributed by atoms with Crippen molar-refractivity contribution in [3.63, 3.8) is 0 Å². The number of furan rings is 1. The Morgan fingerprint density at radius 1 is 1.35 bits per heavy atom. The first kappa shape index (κ1) is 15.5. The van der Waals surface area contributed by atoms with E-state index in [-0.39, 0.29) is 5.09 Å². The number of hydrogen-bond acceptors (Lipinski definition) is 4. The van der Waals surface area contributed by atoms with Crippen LogP contribution >= 0.6 is 0 Å². The van der Waals surface area contributed by atoms with Crippen molar-refractivity contribution in [2.45, 2.75) is 57.2 Å². The third kappa shape index (κ3) is 3.84. The highest BCUT2D eigenvalue weighted by atomic mass is 32.2. The van der Waals surface area contributed by atoms with E-state index in [4.69, 9.17) is 9.56 Å². The fraction of sp³-hybridized carbons (Fsp3) is 0.714. The van der Waals surface area contributed by atoms with Crippen LogP contribution in [0.3, 0.4) is 0 Å². The molecule has 0 saturated heterocycles. The van der Waals surface area contributed by atoms with Crippen LogP contribution in [0.1, 0.15) is 45.3 Å². The maximum absolute atomic E-state index is 11.2. The molecular formula is C14H24N2O3S. The monoisotopic (exact) mass is 300 g/mol. The minimum atomic E-state index is -3.74. The van der Waals surface area contributed by atoms with Gasteiger partial charge in [0.2, 0.25) is 5.09 Å². The lowest BCUT2D eigenvalue weighted by Gasteiger charge is -2.34. The van der Waals surface area contributed by atoms with Crippen molar-refractivity contribution in [3.8, 4) is 0 Å². The smallest absolute Gasteiger partial charge is 0.271 e. The van der Waals surface area contributed by atoms with Crippen LogP contribution in [-0.2, 0) is 16.6 Å². The van der Waals surface area contributed by atoms with Crippen molar-refractivity contribution >= 4 is 10.0 Å². The van der Waals surface area contributed by atoms with Gasteiger partial charge in [-0.2, -0.15) is 0 Å². The lowest BCUT2D eigenvalue weighted by molar-refractivity contribution is 0.200. The van der Waals surface area contributed by atoms with E-state index in [1.165, 1.54) is 31.7 Å². The van der Waals surface area contributed by atoms with Crippen LogP contribution in [0.2, 0.25) is 0 Å². The van der Waals surface area contributed by atoms with E-state index in [1.54, 1.807) is 6.07 Å². The number of nitrogens with one attached hydrogen (secondary N) is 1. The van der Waals surface area contributed by atoms with E-state index in [2.05, 4.69) is 19.2 Å². The van der Waals surface area contributed by atoms with Crippen molar-refractivity contribution in [3.05, 3.63) is 17.9 Å². The maximum atomic E-state index is 11.2. The summed E-state index contributed by atoms with van der Waals surface area (Å²) in [5, 5.41) is 8.37. The van der Waals surface area contributed by atoms with Crippen molar-refractivity contribution in [1.82, 2.24) is 5.32 Å². The van der Waals surface area contributed by atoms with Crippen molar-refractivity contribution in [2.24, 2.45) is 17.0 Å². The summed E-state index contributed by atoms with van der Waals surface area (Å²) in [5.74, 6) is 1.95. The van der Waals surface area contributed by atoms with Gasteiger partial charge in [0.05, 0.1) is 6.54 Å². The first-order valence-corrected chi connectivity index (χ1v) is 8.77. The molecule has 1 saturated carbocycles. The van der Waals surface area contributed by atoms with Gasteiger partial charge < -0.3 is 9.73 Å². The summed E-state index contributed by atoms with van der Waals surface area (Å²) in [6.45, 7) is 5.07. The average molecular weight is 300 g/mol. The Labute approximate surface area is 121 Å². The Morgan fingerprint density at radius 2 is 2.05 bits per heavy atom. The molecule has 6 heteroatoms. The highest BCUT2D eigenvalue weighted by Gasteiger charge is 2.27. The molecular weight excluding hydrogens is 276 g/mol. The molecule has 114 valence electrons. The molecule has 0 amide bonds. The molecule has 2 atom stereocenters. The first-order valence-electron chi connectivity index (χ1n) is 7.23. The van der Waals surface area contributed by atoms with Crippen LogP contribution in [0.15, 0.2) is 21.6 Å². The summed E-state index contributed by atoms with van der Waals surface area (Å²) < 4.78 is 27.6. The third-order valence-corrected chi connectivity index (χ3v) is 4.91. The molecule has 1 heterocycles. The highest BCUT2D eigenvalue weighted by molar-refractivity contribution is 7.89. The number of sulfonamides is 1. The topological polar surface area (TPSA) is 85.3 Å². The number of nitrogens with two attached hydrogens (primary N) is 1. The minimum absolute atomic E-state index is 0.168. The lowest BCUT2D eigenvalue weighted by Crippen LogP contribution is -2.40. The predicted octanol–water partition coefficient (Wildman–Crippen LogP) is 2.23. The quantitative estimate of drug-likeness (QED) is 0.873. The standard InChI is InChI=1S/C14H24N2O3S/c1-10(2)12-5-3-4-6-13(12)16-9-11-7-8-14(19-11)20(15,17)18/h7-8,10,12-13,16H,3-6,9H2,1-2H3,(H2,15,17,18). The van der Waals surface area contributed by atoms with Crippen LogP contribution < -0.4 is 10.5 Å². The second kappa shape index (κ2) is 6.28. The predicted molar refractivity (Wildman–Crippen MR) is 77.5 cm³/mol. The number of hydrogen-bond donors (Lipinski definition) is 2. The van der Waals surface area contributed by atoms with Gasteiger partial charge in [-0.1, -0.05) is 26.7 Å². The van der Waals surface area contributed by atoms with E-state index in [0.717, 1.165) is 0 Å². The molecule has 0 spiro atoms. The Morgan fingerprint density at radius 3 is 2.65 bits per heavy atom. The zero-order valence-electron chi connectivity index (χ0n) is 12.1. The Bertz CT molecular complexity index is 536. The van der Waals surface area contributed by atoms with Gasteiger partial charge in [-0.05, 0) is 36.8 Å². The molecule has 1 aliphatic rings. The van der Waals surface area contributed by atoms with Crippen LogP contribution in [0.5, 0.6) is 0 Å². The summed E-state index contributed by atoms with van der Waals surface area (Å²) in [4.78, 5) is 0. The molecule has 1 aromatic heterocycles. The Hall–Kier alpha value is -0.850. The van der Waals surface area contributed by atoms with Crippen molar-refractivity contribution in [1.29, 1.82) is 0 Å². The van der Waals surface area contributed by atoms with E-state index in [1.807, 2.05) is 0 Å². The largest absolute Gasteiger partial charge is 0.447 e. The minimum Gasteiger partial charge on any atom is -0.447 e. The molecule has 0 radical (unpaired) electrons. The number of rotatable bonds is 5. The molecule has 5 nitrogen and oxygen atoms in total. The van der Waals surface area contributed by atoms with Crippen LogP contribution in [0.4, 0.5) is 0 Å². The van der Waals surface area contributed by atoms with Gasteiger partial charge in [0, 0.05) is 6.04 Å². The molecule has 20 heavy (non-hydrogen) atoms. The molecule has 2 unspecified atom stereocenters. The zero-order chi connectivity index (χ0) is 14.8. The van der Waals surface area contributed by atoms with Crippen LogP contribution in [-0.4, -0.2) is 14.5 Å². The summed E-state index contributed by atoms with van der Waals surface area (Å²) in [6.07, 6.45) is 4.99. The fourth-order valence-electron chi connectivity index (χ4n) is 3.05. The maximum Gasteiger partial charge on any atom is 0.271 e. The second-order valence-corrected chi connectivity index (χ2v) is 7.44. The second-order valence-electron chi connectivity index (χ2n) is 5.95. The van der Waals surface area contributed by atoms with Gasteiger partial charge >= 0.3 is 0 Å². The molecule has 1 aliphatic carbocycles. The summed E-state index contributed by atoms with van der Waals surface area (Å²) in [5.41, 5.74) is 0. The Balaban J connectivity index is 1.95. The highest BCUT2D eigenvalue weighted by Crippen LogP contribution is 2.30. The Kier molecular flexibility index (Phi) is 4.88. The van der Waals surface area contributed by atoms with Gasteiger partial charge in [0.1, 0.15) is 5.76 Å². The van der Waals surface area contributed by atoms with E-state index in [9.17, 15) is 8.42 Å². The normalized spacial score (nSPS) is 24.2.